The summed E-state index contributed by atoms with van der Waals surface area (Å²) in [5.74, 6) is 7.62. The summed E-state index contributed by atoms with van der Waals surface area (Å²) in [5.41, 5.74) is 1.77. The molecule has 2 saturated carbocycles. The molecule has 0 aliphatic heterocycles. The molecule has 11 heteroatoms. The van der Waals surface area contributed by atoms with Crippen molar-refractivity contribution in [3.05, 3.63) is 60.2 Å². The number of rotatable bonds is 5. The van der Waals surface area contributed by atoms with Crippen LogP contribution in [0.4, 0.5) is 10.7 Å². The number of anilines is 1. The molecule has 1 amide bonds. The summed E-state index contributed by atoms with van der Waals surface area (Å²) in [5, 5.41) is 11.2. The fraction of sp³-hybridized carbons (Fsp3) is 0.387. The molecule has 0 saturated heterocycles. The van der Waals surface area contributed by atoms with Gasteiger partial charge in [-0.15, -0.1) is 0 Å². The Morgan fingerprint density at radius 1 is 1.07 bits per heavy atom. The van der Waals surface area contributed by atoms with E-state index in [4.69, 9.17) is 4.74 Å². The van der Waals surface area contributed by atoms with E-state index in [1.54, 1.807) is 36.8 Å². The number of hydrogen-bond donors (Lipinski definition) is 2. The molecule has 0 unspecified atom stereocenters. The average Bonchev–Trinajstić information content (AvgIpc) is 3.69. The van der Waals surface area contributed by atoms with Gasteiger partial charge in [0.2, 0.25) is 11.9 Å². The third-order valence-electron chi connectivity index (χ3n) is 7.56. The SMILES string of the molecule is CC(C)(C)OC(=O)n1ncc2cc(C#Cc3ccnc(-c4ccnc(NCC(=O)NC56CCC(CC5)C6)n4)n3)ccc21. The Kier molecular flexibility index (Phi) is 7.06. The molecule has 214 valence electrons. The first-order valence-electron chi connectivity index (χ1n) is 14.1. The molecule has 3 aromatic heterocycles. The number of amides is 1. The van der Waals surface area contributed by atoms with Crippen LogP contribution in [0.3, 0.4) is 0 Å². The monoisotopic (exact) mass is 564 g/mol. The Balaban J connectivity index is 1.12. The predicted octanol–water partition coefficient (Wildman–Crippen LogP) is 4.33. The highest BCUT2D eigenvalue weighted by molar-refractivity contribution is 5.88. The molecule has 2 N–H and O–H groups in total. The van der Waals surface area contributed by atoms with Gasteiger partial charge in [-0.1, -0.05) is 5.92 Å². The number of ether oxygens (including phenoxy) is 1. The van der Waals surface area contributed by atoms with E-state index in [-0.39, 0.29) is 18.0 Å². The first-order chi connectivity index (χ1) is 20.1. The smallest absolute Gasteiger partial charge is 0.435 e. The molecule has 0 atom stereocenters. The van der Waals surface area contributed by atoms with Gasteiger partial charge in [0, 0.05) is 28.9 Å². The van der Waals surface area contributed by atoms with E-state index in [9.17, 15) is 9.59 Å². The largest absolute Gasteiger partial charge is 0.442 e. The van der Waals surface area contributed by atoms with Crippen LogP contribution >= 0.6 is 0 Å². The maximum Gasteiger partial charge on any atom is 0.435 e. The van der Waals surface area contributed by atoms with Crippen LogP contribution in [0.1, 0.15) is 64.1 Å². The molecule has 2 fully saturated rings. The van der Waals surface area contributed by atoms with E-state index in [0.29, 0.717) is 28.7 Å². The summed E-state index contributed by atoms with van der Waals surface area (Å²) < 4.78 is 6.67. The molecule has 2 bridgehead atoms. The Labute approximate surface area is 243 Å². The van der Waals surface area contributed by atoms with E-state index in [0.717, 1.165) is 36.1 Å². The fourth-order valence-corrected chi connectivity index (χ4v) is 5.68. The van der Waals surface area contributed by atoms with E-state index in [2.05, 4.69) is 47.5 Å². The zero-order valence-corrected chi connectivity index (χ0v) is 23.8. The van der Waals surface area contributed by atoms with Crippen LogP contribution in [0.15, 0.2) is 48.9 Å². The van der Waals surface area contributed by atoms with Crippen molar-refractivity contribution in [2.24, 2.45) is 5.92 Å². The third kappa shape index (κ3) is 6.07. The minimum Gasteiger partial charge on any atom is -0.442 e. The Bertz CT molecular complexity index is 1720. The van der Waals surface area contributed by atoms with Crippen LogP contribution in [0.5, 0.6) is 0 Å². The molecule has 4 aromatic rings. The minimum absolute atomic E-state index is 0.0186. The Morgan fingerprint density at radius 3 is 2.64 bits per heavy atom. The number of benzene rings is 1. The van der Waals surface area contributed by atoms with E-state index >= 15 is 0 Å². The molecule has 6 rings (SSSR count). The number of carbonyl (C=O) groups is 2. The van der Waals surface area contributed by atoms with Gasteiger partial charge in [-0.25, -0.2) is 24.7 Å². The number of nitrogens with one attached hydrogen (secondary N) is 2. The van der Waals surface area contributed by atoms with Crippen LogP contribution in [0.2, 0.25) is 0 Å². The second-order valence-corrected chi connectivity index (χ2v) is 11.9. The highest BCUT2D eigenvalue weighted by Crippen LogP contribution is 2.47. The molecule has 0 spiro atoms. The van der Waals surface area contributed by atoms with Crippen molar-refractivity contribution in [2.45, 2.75) is 64.0 Å². The van der Waals surface area contributed by atoms with Crippen molar-refractivity contribution in [2.75, 3.05) is 11.9 Å². The van der Waals surface area contributed by atoms with Crippen molar-refractivity contribution in [3.8, 4) is 23.4 Å². The highest BCUT2D eigenvalue weighted by atomic mass is 16.6. The van der Waals surface area contributed by atoms with Crippen LogP contribution in [0.25, 0.3) is 22.4 Å². The van der Waals surface area contributed by atoms with Gasteiger partial charge < -0.3 is 15.4 Å². The van der Waals surface area contributed by atoms with E-state index < -0.39 is 11.7 Å². The molecule has 1 aromatic carbocycles. The summed E-state index contributed by atoms with van der Waals surface area (Å²) in [7, 11) is 0. The normalized spacial score (nSPS) is 19.3. The molecule has 2 aliphatic rings. The number of aromatic nitrogens is 6. The van der Waals surface area contributed by atoms with Gasteiger partial charge in [0.25, 0.3) is 0 Å². The average molecular weight is 565 g/mol. The molecule has 42 heavy (non-hydrogen) atoms. The van der Waals surface area contributed by atoms with Gasteiger partial charge in [-0.2, -0.15) is 9.78 Å². The molecule has 0 radical (unpaired) electrons. The zero-order chi connectivity index (χ0) is 29.3. The van der Waals surface area contributed by atoms with Gasteiger partial charge in [0.15, 0.2) is 5.82 Å². The fourth-order valence-electron chi connectivity index (χ4n) is 5.68. The summed E-state index contributed by atoms with van der Waals surface area (Å²) in [4.78, 5) is 42.7. The topological polar surface area (TPSA) is 137 Å². The Morgan fingerprint density at radius 2 is 1.88 bits per heavy atom. The summed E-state index contributed by atoms with van der Waals surface area (Å²) in [6.07, 6.45) is 9.95. The third-order valence-corrected chi connectivity index (χ3v) is 7.56. The molecular weight excluding hydrogens is 532 g/mol. The predicted molar refractivity (Wildman–Crippen MR) is 156 cm³/mol. The lowest BCUT2D eigenvalue weighted by atomic mass is 9.94. The van der Waals surface area contributed by atoms with Crippen molar-refractivity contribution >= 4 is 28.9 Å². The van der Waals surface area contributed by atoms with Crippen LogP contribution in [-0.2, 0) is 9.53 Å². The lowest BCUT2D eigenvalue weighted by Crippen LogP contribution is -2.47. The lowest BCUT2D eigenvalue weighted by molar-refractivity contribution is -0.121. The Hall–Kier alpha value is -4.85. The van der Waals surface area contributed by atoms with Crippen molar-refractivity contribution in [1.82, 2.24) is 35.0 Å². The van der Waals surface area contributed by atoms with Gasteiger partial charge in [-0.05, 0) is 95.0 Å². The first-order valence-corrected chi connectivity index (χ1v) is 14.1. The van der Waals surface area contributed by atoms with Crippen molar-refractivity contribution in [3.63, 3.8) is 0 Å². The second-order valence-electron chi connectivity index (χ2n) is 11.9. The van der Waals surface area contributed by atoms with Crippen LogP contribution < -0.4 is 10.6 Å². The van der Waals surface area contributed by atoms with Crippen LogP contribution in [0, 0.1) is 17.8 Å². The van der Waals surface area contributed by atoms with Gasteiger partial charge >= 0.3 is 6.09 Å². The summed E-state index contributed by atoms with van der Waals surface area (Å²) in [6.45, 7) is 5.53. The first kappa shape index (κ1) is 27.3. The van der Waals surface area contributed by atoms with E-state index in [1.165, 1.54) is 17.5 Å². The molecule has 11 nitrogen and oxygen atoms in total. The standard InChI is InChI=1S/C31H32N8O3/c1-30(2,3)42-29(41)39-25-7-5-20(16-22(25)18-35-39)4-6-23-10-14-32-27(36-23)24-11-15-33-28(37-24)34-19-26(40)38-31-12-8-21(17-31)9-13-31/h5,7,10-11,14-16,18,21H,8-9,12-13,17,19H2,1-3H3,(H,38,40)(H,33,34,37). The quantitative estimate of drug-likeness (QED) is 0.339. The minimum atomic E-state index is -0.619. The maximum absolute atomic E-state index is 12.6. The summed E-state index contributed by atoms with van der Waals surface area (Å²) >= 11 is 0. The van der Waals surface area contributed by atoms with Crippen molar-refractivity contribution in [1.29, 1.82) is 0 Å². The highest BCUT2D eigenvalue weighted by Gasteiger charge is 2.45. The lowest BCUT2D eigenvalue weighted by Gasteiger charge is -2.28. The number of fused-ring (bicyclic) bond motifs is 3. The van der Waals surface area contributed by atoms with Crippen LogP contribution in [-0.4, -0.2) is 59.4 Å². The van der Waals surface area contributed by atoms with Gasteiger partial charge in [0.1, 0.15) is 17.0 Å². The number of carbonyl (C=O) groups excluding carboxylic acids is 2. The van der Waals surface area contributed by atoms with E-state index in [1.807, 2.05) is 32.9 Å². The van der Waals surface area contributed by atoms with Crippen molar-refractivity contribution < 1.29 is 14.3 Å². The summed E-state index contributed by atoms with van der Waals surface area (Å²) in [6, 6.07) is 8.89. The molecule has 3 heterocycles. The molecular formula is C31H32N8O3. The maximum atomic E-state index is 12.6. The molecule has 2 aliphatic carbocycles. The second kappa shape index (κ2) is 10.9. The van der Waals surface area contributed by atoms with Gasteiger partial charge in [0.05, 0.1) is 18.3 Å². The number of hydrogen-bond acceptors (Lipinski definition) is 9. The zero-order valence-electron chi connectivity index (χ0n) is 23.8. The van der Waals surface area contributed by atoms with Gasteiger partial charge in [-0.3, -0.25) is 4.79 Å². The number of nitrogens with zero attached hydrogens (tertiary/aromatic N) is 6.